The SMILES string of the molecule is C[C@@H](NC(=O)N1C[C@@H]2CCC[C@@]2(C(=O)O)C1)c1ccc(C(F)(F)F)cc1. The first kappa shape index (κ1) is 18.5. The summed E-state index contributed by atoms with van der Waals surface area (Å²) in [7, 11) is 0. The lowest BCUT2D eigenvalue weighted by Gasteiger charge is -2.24. The summed E-state index contributed by atoms with van der Waals surface area (Å²) in [5.74, 6) is -0.891. The number of likely N-dealkylation sites (tertiary alicyclic amines) is 1. The van der Waals surface area contributed by atoms with Crippen molar-refractivity contribution in [2.75, 3.05) is 13.1 Å². The molecule has 1 aliphatic heterocycles. The third kappa shape index (κ3) is 3.24. The van der Waals surface area contributed by atoms with Crippen LogP contribution in [0.25, 0.3) is 0 Å². The van der Waals surface area contributed by atoms with Crippen LogP contribution in [-0.2, 0) is 11.0 Å². The van der Waals surface area contributed by atoms with E-state index >= 15 is 0 Å². The van der Waals surface area contributed by atoms with E-state index in [-0.39, 0.29) is 18.5 Å². The zero-order valence-electron chi connectivity index (χ0n) is 14.3. The van der Waals surface area contributed by atoms with E-state index < -0.39 is 29.2 Å². The summed E-state index contributed by atoms with van der Waals surface area (Å²) < 4.78 is 37.9. The fourth-order valence-corrected chi connectivity index (χ4v) is 4.11. The first-order valence-electron chi connectivity index (χ1n) is 8.59. The van der Waals surface area contributed by atoms with Crippen molar-refractivity contribution < 1.29 is 27.9 Å². The van der Waals surface area contributed by atoms with Gasteiger partial charge in [-0.3, -0.25) is 4.79 Å². The molecule has 0 aromatic heterocycles. The first-order chi connectivity index (χ1) is 12.1. The van der Waals surface area contributed by atoms with Gasteiger partial charge in [-0.05, 0) is 43.4 Å². The zero-order chi connectivity index (χ0) is 19.1. The minimum atomic E-state index is -4.40. The molecule has 2 aliphatic rings. The van der Waals surface area contributed by atoms with E-state index in [4.69, 9.17) is 0 Å². The van der Waals surface area contributed by atoms with Gasteiger partial charge in [0.1, 0.15) is 0 Å². The van der Waals surface area contributed by atoms with Crippen molar-refractivity contribution in [3.05, 3.63) is 35.4 Å². The van der Waals surface area contributed by atoms with E-state index in [0.29, 0.717) is 18.5 Å². The van der Waals surface area contributed by atoms with Gasteiger partial charge in [0.25, 0.3) is 0 Å². The van der Waals surface area contributed by atoms with Crippen LogP contribution in [0.4, 0.5) is 18.0 Å². The molecule has 142 valence electrons. The number of urea groups is 1. The molecule has 1 saturated heterocycles. The summed E-state index contributed by atoms with van der Waals surface area (Å²) in [6.07, 6.45) is -2.17. The molecule has 3 atom stereocenters. The monoisotopic (exact) mass is 370 g/mol. The number of fused-ring (bicyclic) bond motifs is 1. The highest BCUT2D eigenvalue weighted by molar-refractivity contribution is 5.80. The number of nitrogens with one attached hydrogen (secondary N) is 1. The van der Waals surface area contributed by atoms with Crippen molar-refractivity contribution in [1.29, 1.82) is 0 Å². The Hall–Kier alpha value is -2.25. The Morgan fingerprint density at radius 1 is 1.31 bits per heavy atom. The molecule has 3 rings (SSSR count). The molecule has 1 saturated carbocycles. The number of hydrogen-bond donors (Lipinski definition) is 2. The Morgan fingerprint density at radius 3 is 2.50 bits per heavy atom. The van der Waals surface area contributed by atoms with E-state index in [1.165, 1.54) is 17.0 Å². The molecule has 0 unspecified atom stereocenters. The van der Waals surface area contributed by atoms with Crippen LogP contribution in [0.2, 0.25) is 0 Å². The highest BCUT2D eigenvalue weighted by atomic mass is 19.4. The van der Waals surface area contributed by atoms with Crippen molar-refractivity contribution in [2.45, 2.75) is 38.4 Å². The quantitative estimate of drug-likeness (QED) is 0.853. The molecule has 5 nitrogen and oxygen atoms in total. The van der Waals surface area contributed by atoms with Gasteiger partial charge in [-0.25, -0.2) is 4.79 Å². The molecule has 2 N–H and O–H groups in total. The van der Waals surface area contributed by atoms with Crippen LogP contribution in [0, 0.1) is 11.3 Å². The summed E-state index contributed by atoms with van der Waals surface area (Å²) in [6.45, 7) is 2.26. The number of alkyl halides is 3. The van der Waals surface area contributed by atoms with Crippen molar-refractivity contribution in [3.63, 3.8) is 0 Å². The number of carbonyl (C=O) groups excluding carboxylic acids is 1. The summed E-state index contributed by atoms with van der Waals surface area (Å²) in [5, 5.41) is 12.3. The Morgan fingerprint density at radius 2 is 1.96 bits per heavy atom. The molecule has 0 radical (unpaired) electrons. The van der Waals surface area contributed by atoms with Gasteiger partial charge in [-0.1, -0.05) is 18.6 Å². The maximum absolute atomic E-state index is 12.6. The maximum Gasteiger partial charge on any atom is 0.416 e. The van der Waals surface area contributed by atoms with Crippen LogP contribution in [0.15, 0.2) is 24.3 Å². The molecule has 1 aromatic carbocycles. The minimum Gasteiger partial charge on any atom is -0.481 e. The molecule has 2 amide bonds. The first-order valence-corrected chi connectivity index (χ1v) is 8.59. The third-order valence-electron chi connectivity index (χ3n) is 5.66. The summed E-state index contributed by atoms with van der Waals surface area (Å²) in [6, 6.07) is 3.78. The van der Waals surface area contributed by atoms with Crippen molar-refractivity contribution in [1.82, 2.24) is 10.2 Å². The molecular formula is C18H21F3N2O3. The number of aliphatic carboxylic acids is 1. The second kappa shape index (κ2) is 6.48. The van der Waals surface area contributed by atoms with Gasteiger partial charge >= 0.3 is 18.2 Å². The maximum atomic E-state index is 12.6. The second-order valence-electron chi connectivity index (χ2n) is 7.22. The van der Waals surface area contributed by atoms with Gasteiger partial charge in [-0.15, -0.1) is 0 Å². The summed E-state index contributed by atoms with van der Waals surface area (Å²) >= 11 is 0. The van der Waals surface area contributed by atoms with E-state index in [2.05, 4.69) is 5.32 Å². The van der Waals surface area contributed by atoms with Crippen molar-refractivity contribution in [3.8, 4) is 0 Å². The highest BCUT2D eigenvalue weighted by Gasteiger charge is 2.55. The number of rotatable bonds is 3. The molecule has 8 heteroatoms. The Labute approximate surface area is 149 Å². The number of nitrogens with zero attached hydrogens (tertiary/aromatic N) is 1. The molecule has 1 heterocycles. The molecule has 1 aromatic rings. The van der Waals surface area contributed by atoms with Gasteiger partial charge in [0, 0.05) is 13.1 Å². The van der Waals surface area contributed by atoms with Gasteiger partial charge in [0.2, 0.25) is 0 Å². The third-order valence-corrected chi connectivity index (χ3v) is 5.66. The number of carboxylic acids is 1. The average molecular weight is 370 g/mol. The predicted molar refractivity (Wildman–Crippen MR) is 87.4 cm³/mol. The Kier molecular flexibility index (Phi) is 4.62. The van der Waals surface area contributed by atoms with Crippen molar-refractivity contribution >= 4 is 12.0 Å². The smallest absolute Gasteiger partial charge is 0.416 e. The summed E-state index contributed by atoms with van der Waals surface area (Å²) in [5.41, 5.74) is -1.04. The standard InChI is InChI=1S/C18H21F3N2O3/c1-11(12-4-6-13(7-5-12)18(19,20)21)22-16(26)23-9-14-3-2-8-17(14,10-23)15(24)25/h4-7,11,14H,2-3,8-10H2,1H3,(H,22,26)(H,24,25)/t11-,14+,17-/m1/s1. The van der Waals surface area contributed by atoms with Crippen molar-refractivity contribution in [2.24, 2.45) is 11.3 Å². The van der Waals surface area contributed by atoms with Crippen LogP contribution in [0.3, 0.4) is 0 Å². The summed E-state index contributed by atoms with van der Waals surface area (Å²) in [4.78, 5) is 25.7. The Bertz CT molecular complexity index is 705. The number of hydrogen-bond acceptors (Lipinski definition) is 2. The van der Waals surface area contributed by atoms with Crippen LogP contribution < -0.4 is 5.32 Å². The minimum absolute atomic E-state index is 0.0351. The van der Waals surface area contributed by atoms with E-state index in [9.17, 15) is 27.9 Å². The van der Waals surface area contributed by atoms with Gasteiger partial charge in [0.15, 0.2) is 0 Å². The number of carbonyl (C=O) groups is 2. The number of halogens is 3. The topological polar surface area (TPSA) is 69.6 Å². The van der Waals surface area contributed by atoms with E-state index in [1.807, 2.05) is 0 Å². The largest absolute Gasteiger partial charge is 0.481 e. The van der Waals surface area contributed by atoms with Crippen LogP contribution in [0.5, 0.6) is 0 Å². The lowest BCUT2D eigenvalue weighted by molar-refractivity contribution is -0.149. The average Bonchev–Trinajstić information content (AvgIpc) is 3.12. The number of benzene rings is 1. The fourth-order valence-electron chi connectivity index (χ4n) is 4.11. The lowest BCUT2D eigenvalue weighted by Crippen LogP contribution is -2.42. The molecule has 0 bridgehead atoms. The predicted octanol–water partition coefficient (Wildman–Crippen LogP) is 3.66. The molecule has 1 aliphatic carbocycles. The normalized spacial score (nSPS) is 26.5. The zero-order valence-corrected chi connectivity index (χ0v) is 14.3. The number of amides is 2. The highest BCUT2D eigenvalue weighted by Crippen LogP contribution is 2.48. The number of carboxylic acid groups (broad SMARTS) is 1. The molecular weight excluding hydrogens is 349 g/mol. The molecule has 0 spiro atoms. The van der Waals surface area contributed by atoms with E-state index in [1.54, 1.807) is 6.92 Å². The van der Waals surface area contributed by atoms with Crippen LogP contribution in [0.1, 0.15) is 43.4 Å². The van der Waals surface area contributed by atoms with E-state index in [0.717, 1.165) is 25.0 Å². The molecule has 26 heavy (non-hydrogen) atoms. The van der Waals surface area contributed by atoms with Gasteiger partial charge in [-0.2, -0.15) is 13.2 Å². The second-order valence-corrected chi connectivity index (χ2v) is 7.22. The van der Waals surface area contributed by atoms with Crippen LogP contribution >= 0.6 is 0 Å². The van der Waals surface area contributed by atoms with Crippen LogP contribution in [-0.4, -0.2) is 35.1 Å². The fraction of sp³-hybridized carbons (Fsp3) is 0.556. The Balaban J connectivity index is 1.64. The van der Waals surface area contributed by atoms with Gasteiger partial charge in [0.05, 0.1) is 17.0 Å². The lowest BCUT2D eigenvalue weighted by atomic mass is 9.81. The van der Waals surface area contributed by atoms with Gasteiger partial charge < -0.3 is 15.3 Å². The molecule has 2 fully saturated rings.